The van der Waals surface area contributed by atoms with Crippen molar-refractivity contribution in [2.45, 2.75) is 0 Å². The minimum Gasteiger partial charge on any atom is -0.452 e. The number of esters is 1. The number of nitrogens with zero attached hydrogens (tertiary/aromatic N) is 2. The third-order valence-corrected chi connectivity index (χ3v) is 5.69. The number of ether oxygens (including phenoxy) is 1. The van der Waals surface area contributed by atoms with Crippen molar-refractivity contribution in [2.75, 3.05) is 11.9 Å². The number of amides is 1. The Balaban J connectivity index is 1.51. The van der Waals surface area contributed by atoms with Gasteiger partial charge in [0.25, 0.3) is 11.6 Å². The lowest BCUT2D eigenvalue weighted by Gasteiger charge is -2.10. The summed E-state index contributed by atoms with van der Waals surface area (Å²) in [6.45, 7) is -0.558. The Morgan fingerprint density at radius 2 is 1.94 bits per heavy atom. The fraction of sp³-hybridized carbons (Fsp3) is 0.0455. The van der Waals surface area contributed by atoms with Gasteiger partial charge in [0.2, 0.25) is 0 Å². The molecule has 2 aromatic heterocycles. The van der Waals surface area contributed by atoms with Crippen molar-refractivity contribution in [3.63, 3.8) is 0 Å². The van der Waals surface area contributed by atoms with Gasteiger partial charge in [-0.05, 0) is 29.6 Å². The first kappa shape index (κ1) is 21.4. The third kappa shape index (κ3) is 4.58. The van der Waals surface area contributed by atoms with E-state index in [-0.39, 0.29) is 16.4 Å². The van der Waals surface area contributed by atoms with Gasteiger partial charge in [0, 0.05) is 17.5 Å². The molecule has 0 saturated heterocycles. The monoisotopic (exact) mass is 467 g/mol. The minimum absolute atomic E-state index is 0.000376. The van der Waals surface area contributed by atoms with Crippen LogP contribution in [0.5, 0.6) is 0 Å². The number of carbonyl (C=O) groups excluding carboxylic acids is 2. The standard InChI is InChI=1S/C22H14ClN3O5S/c23-16-10-13(26(29)30)7-8-18(16)25-21(27)12-31-22(28)15-11-19(20-6-3-9-32-20)24-17-5-2-1-4-14(15)17/h1-11H,12H2,(H,25,27). The van der Waals surface area contributed by atoms with Crippen LogP contribution in [0.2, 0.25) is 5.02 Å². The zero-order valence-corrected chi connectivity index (χ0v) is 17.9. The van der Waals surface area contributed by atoms with Crippen molar-refractivity contribution in [1.82, 2.24) is 4.98 Å². The molecule has 0 spiro atoms. The maximum Gasteiger partial charge on any atom is 0.339 e. The number of pyridine rings is 1. The number of nitro groups is 1. The quantitative estimate of drug-likeness (QED) is 0.233. The number of para-hydroxylation sites is 1. The highest BCUT2D eigenvalue weighted by Crippen LogP contribution is 2.29. The summed E-state index contributed by atoms with van der Waals surface area (Å²) in [5.74, 6) is -1.31. The first-order valence-electron chi connectivity index (χ1n) is 9.27. The molecule has 4 aromatic rings. The Morgan fingerprint density at radius 3 is 2.66 bits per heavy atom. The predicted molar refractivity (Wildman–Crippen MR) is 122 cm³/mol. The van der Waals surface area contributed by atoms with Crippen molar-refractivity contribution in [1.29, 1.82) is 0 Å². The number of carbonyl (C=O) groups is 2. The minimum atomic E-state index is -0.675. The molecule has 0 saturated carbocycles. The summed E-state index contributed by atoms with van der Waals surface area (Å²) in [6.07, 6.45) is 0. The number of fused-ring (bicyclic) bond motifs is 1. The van der Waals surface area contributed by atoms with Crippen LogP contribution in [0.25, 0.3) is 21.5 Å². The molecule has 0 aliphatic heterocycles. The highest BCUT2D eigenvalue weighted by atomic mass is 35.5. The average molecular weight is 468 g/mol. The zero-order valence-electron chi connectivity index (χ0n) is 16.3. The summed E-state index contributed by atoms with van der Waals surface area (Å²) in [6, 6.07) is 16.2. The fourth-order valence-corrected chi connectivity index (χ4v) is 3.92. The second-order valence-electron chi connectivity index (χ2n) is 6.60. The van der Waals surface area contributed by atoms with E-state index in [2.05, 4.69) is 10.3 Å². The second-order valence-corrected chi connectivity index (χ2v) is 7.95. The van der Waals surface area contributed by atoms with E-state index in [9.17, 15) is 19.7 Å². The molecule has 0 radical (unpaired) electrons. The smallest absolute Gasteiger partial charge is 0.339 e. The Hall–Kier alpha value is -3.82. The molecule has 2 aromatic carbocycles. The van der Waals surface area contributed by atoms with Crippen LogP contribution in [0.3, 0.4) is 0 Å². The molecule has 0 aliphatic rings. The van der Waals surface area contributed by atoms with Crippen LogP contribution >= 0.6 is 22.9 Å². The van der Waals surface area contributed by atoms with E-state index in [0.29, 0.717) is 22.2 Å². The first-order valence-corrected chi connectivity index (χ1v) is 10.5. The Labute approximate surface area is 190 Å². The van der Waals surface area contributed by atoms with Gasteiger partial charge in [-0.2, -0.15) is 0 Å². The molecule has 0 aliphatic carbocycles. The van der Waals surface area contributed by atoms with Gasteiger partial charge in [-0.25, -0.2) is 9.78 Å². The number of non-ortho nitro benzene ring substituents is 1. The second kappa shape index (κ2) is 9.13. The summed E-state index contributed by atoms with van der Waals surface area (Å²) in [5, 5.41) is 15.8. The SMILES string of the molecule is O=C(COC(=O)c1cc(-c2cccs2)nc2ccccc12)Nc1ccc([N+](=O)[O-])cc1Cl. The molecule has 10 heteroatoms. The molecule has 32 heavy (non-hydrogen) atoms. The van der Waals surface area contributed by atoms with Gasteiger partial charge in [0.05, 0.1) is 37.3 Å². The van der Waals surface area contributed by atoms with Gasteiger partial charge in [0.15, 0.2) is 6.61 Å². The molecule has 1 N–H and O–H groups in total. The molecular formula is C22H14ClN3O5S. The number of rotatable bonds is 6. The number of benzene rings is 2. The molecule has 160 valence electrons. The maximum absolute atomic E-state index is 12.8. The van der Waals surface area contributed by atoms with E-state index in [1.54, 1.807) is 24.3 Å². The van der Waals surface area contributed by atoms with Crippen LogP contribution in [0, 0.1) is 10.1 Å². The summed E-state index contributed by atoms with van der Waals surface area (Å²) in [7, 11) is 0. The van der Waals surface area contributed by atoms with Crippen molar-refractivity contribution in [3.05, 3.63) is 86.7 Å². The number of aromatic nitrogens is 1. The van der Waals surface area contributed by atoms with Crippen molar-refractivity contribution < 1.29 is 19.2 Å². The van der Waals surface area contributed by atoms with Gasteiger partial charge in [-0.1, -0.05) is 35.9 Å². The number of hydrogen-bond acceptors (Lipinski definition) is 7. The molecule has 4 rings (SSSR count). The van der Waals surface area contributed by atoms with Crippen LogP contribution < -0.4 is 5.32 Å². The van der Waals surface area contributed by atoms with E-state index < -0.39 is 23.4 Å². The van der Waals surface area contributed by atoms with Gasteiger partial charge in [-0.15, -0.1) is 11.3 Å². The fourth-order valence-electron chi connectivity index (χ4n) is 3.01. The largest absolute Gasteiger partial charge is 0.452 e. The van der Waals surface area contributed by atoms with Crippen LogP contribution in [-0.2, 0) is 9.53 Å². The van der Waals surface area contributed by atoms with Gasteiger partial charge in [0.1, 0.15) is 0 Å². The van der Waals surface area contributed by atoms with Crippen LogP contribution in [-0.4, -0.2) is 28.4 Å². The number of nitrogens with one attached hydrogen (secondary N) is 1. The lowest BCUT2D eigenvalue weighted by atomic mass is 10.1. The average Bonchev–Trinajstić information content (AvgIpc) is 3.33. The van der Waals surface area contributed by atoms with E-state index in [0.717, 1.165) is 10.9 Å². The van der Waals surface area contributed by atoms with E-state index in [1.165, 1.54) is 23.5 Å². The number of hydrogen-bond donors (Lipinski definition) is 1. The molecule has 0 atom stereocenters. The molecular weight excluding hydrogens is 454 g/mol. The molecule has 0 fully saturated rings. The number of halogens is 1. The van der Waals surface area contributed by atoms with E-state index in [4.69, 9.17) is 16.3 Å². The first-order chi connectivity index (χ1) is 15.4. The number of nitro benzene ring substituents is 1. The molecule has 0 bridgehead atoms. The lowest BCUT2D eigenvalue weighted by Crippen LogP contribution is -2.21. The highest BCUT2D eigenvalue weighted by molar-refractivity contribution is 7.13. The maximum atomic E-state index is 12.8. The predicted octanol–water partition coefficient (Wildman–Crippen LogP) is 5.32. The normalized spacial score (nSPS) is 10.7. The van der Waals surface area contributed by atoms with E-state index in [1.807, 2.05) is 23.6 Å². The molecule has 0 unspecified atom stereocenters. The third-order valence-electron chi connectivity index (χ3n) is 4.48. The van der Waals surface area contributed by atoms with Crippen LogP contribution in [0.15, 0.2) is 66.0 Å². The van der Waals surface area contributed by atoms with Crippen LogP contribution in [0.4, 0.5) is 11.4 Å². The lowest BCUT2D eigenvalue weighted by molar-refractivity contribution is -0.384. The summed E-state index contributed by atoms with van der Waals surface area (Å²) >= 11 is 7.47. The topological polar surface area (TPSA) is 111 Å². The highest BCUT2D eigenvalue weighted by Gasteiger charge is 2.18. The Bertz CT molecular complexity index is 1340. The van der Waals surface area contributed by atoms with Crippen molar-refractivity contribution in [2.24, 2.45) is 0 Å². The van der Waals surface area contributed by atoms with E-state index >= 15 is 0 Å². The van der Waals surface area contributed by atoms with Gasteiger partial charge in [-0.3, -0.25) is 14.9 Å². The zero-order chi connectivity index (χ0) is 22.7. The summed E-state index contributed by atoms with van der Waals surface area (Å²) in [5.41, 5.74) is 1.53. The molecule has 8 nitrogen and oxygen atoms in total. The Kier molecular flexibility index (Phi) is 6.11. The van der Waals surface area contributed by atoms with Gasteiger partial charge < -0.3 is 10.1 Å². The Morgan fingerprint density at radius 1 is 1.12 bits per heavy atom. The molecule has 2 heterocycles. The molecule has 1 amide bonds. The summed E-state index contributed by atoms with van der Waals surface area (Å²) in [4.78, 5) is 40.7. The van der Waals surface area contributed by atoms with Crippen LogP contribution in [0.1, 0.15) is 10.4 Å². The number of thiophene rings is 1. The number of anilines is 1. The van der Waals surface area contributed by atoms with Gasteiger partial charge >= 0.3 is 5.97 Å². The van der Waals surface area contributed by atoms with Crippen molar-refractivity contribution >= 4 is 57.1 Å². The van der Waals surface area contributed by atoms with Crippen molar-refractivity contribution in [3.8, 4) is 10.6 Å². The summed E-state index contributed by atoms with van der Waals surface area (Å²) < 4.78 is 5.22.